The van der Waals surface area contributed by atoms with E-state index in [1.54, 1.807) is 12.4 Å². The van der Waals surface area contributed by atoms with E-state index < -0.39 is 5.97 Å². The molecule has 1 aromatic heterocycles. The molecular weight excluding hydrogens is 306 g/mol. The van der Waals surface area contributed by atoms with Gasteiger partial charge in [-0.2, -0.15) is 0 Å². The van der Waals surface area contributed by atoms with Crippen molar-refractivity contribution in [3.8, 4) is 11.5 Å². The van der Waals surface area contributed by atoms with Gasteiger partial charge in [-0.25, -0.2) is 0 Å². The number of phenols is 1. The molecule has 0 fully saturated rings. The van der Waals surface area contributed by atoms with E-state index in [-0.39, 0.29) is 12.2 Å². The van der Waals surface area contributed by atoms with Crippen molar-refractivity contribution in [1.82, 2.24) is 4.98 Å². The smallest absolute Gasteiger partial charge is 0.303 e. The van der Waals surface area contributed by atoms with Gasteiger partial charge in [-0.1, -0.05) is 6.07 Å². The summed E-state index contributed by atoms with van der Waals surface area (Å²) in [7, 11) is 0. The molecule has 0 bridgehead atoms. The van der Waals surface area contributed by atoms with Crippen LogP contribution < -0.4 is 4.74 Å². The number of aromatic hydroxyl groups is 1. The normalized spacial score (nSPS) is 13.2. The molecule has 0 saturated carbocycles. The van der Waals surface area contributed by atoms with Crippen molar-refractivity contribution >= 4 is 5.97 Å². The third-order valence-corrected chi connectivity index (χ3v) is 4.51. The summed E-state index contributed by atoms with van der Waals surface area (Å²) < 4.78 is 5.86. The first kappa shape index (κ1) is 16.3. The third-order valence-electron chi connectivity index (χ3n) is 4.51. The Morgan fingerprint density at radius 3 is 2.92 bits per heavy atom. The first-order chi connectivity index (χ1) is 11.6. The Bertz CT molecular complexity index is 756. The van der Waals surface area contributed by atoms with Crippen LogP contribution in [0.1, 0.15) is 40.7 Å². The highest BCUT2D eigenvalue weighted by Gasteiger charge is 2.25. The lowest BCUT2D eigenvalue weighted by Crippen LogP contribution is -2.14. The fraction of sp³-hybridized carbons (Fsp3) is 0.368. The summed E-state index contributed by atoms with van der Waals surface area (Å²) in [5.41, 5.74) is 4.42. The van der Waals surface area contributed by atoms with Crippen LogP contribution in [0.5, 0.6) is 11.5 Å². The molecule has 0 atom stereocenters. The summed E-state index contributed by atoms with van der Waals surface area (Å²) in [6.45, 7) is 2.55. The topological polar surface area (TPSA) is 79.7 Å². The van der Waals surface area contributed by atoms with Crippen molar-refractivity contribution in [3.05, 3.63) is 52.3 Å². The van der Waals surface area contributed by atoms with E-state index >= 15 is 0 Å². The third kappa shape index (κ3) is 3.20. The van der Waals surface area contributed by atoms with E-state index in [1.165, 1.54) is 0 Å². The number of carboxylic acids is 1. The monoisotopic (exact) mass is 327 g/mol. The summed E-state index contributed by atoms with van der Waals surface area (Å²) >= 11 is 0. The van der Waals surface area contributed by atoms with Crippen LogP contribution in [-0.2, 0) is 24.1 Å². The second-order valence-electron chi connectivity index (χ2n) is 6.12. The fourth-order valence-electron chi connectivity index (χ4n) is 3.32. The predicted molar refractivity (Wildman–Crippen MR) is 89.7 cm³/mol. The summed E-state index contributed by atoms with van der Waals surface area (Å²) in [5, 5.41) is 19.8. The van der Waals surface area contributed by atoms with Gasteiger partial charge in [0.2, 0.25) is 0 Å². The van der Waals surface area contributed by atoms with Crippen molar-refractivity contribution in [2.45, 2.75) is 39.0 Å². The van der Waals surface area contributed by atoms with E-state index in [0.717, 1.165) is 40.8 Å². The average Bonchev–Trinajstić information content (AvgIpc) is 2.59. The molecule has 24 heavy (non-hydrogen) atoms. The molecule has 0 radical (unpaired) electrons. The van der Waals surface area contributed by atoms with Gasteiger partial charge >= 0.3 is 5.97 Å². The van der Waals surface area contributed by atoms with Crippen molar-refractivity contribution in [2.24, 2.45) is 0 Å². The molecule has 2 heterocycles. The Balaban J connectivity index is 2.08. The maximum Gasteiger partial charge on any atom is 0.303 e. The Kier molecular flexibility index (Phi) is 4.69. The molecule has 1 aromatic carbocycles. The van der Waals surface area contributed by atoms with Crippen LogP contribution in [0.4, 0.5) is 0 Å². The second-order valence-corrected chi connectivity index (χ2v) is 6.12. The van der Waals surface area contributed by atoms with Crippen LogP contribution in [0.2, 0.25) is 0 Å². The number of fused-ring (bicyclic) bond motifs is 1. The minimum Gasteiger partial charge on any atom is -0.507 e. The molecule has 2 N–H and O–H groups in total. The molecule has 5 heteroatoms. The van der Waals surface area contributed by atoms with Crippen LogP contribution in [0, 0.1) is 6.92 Å². The molecule has 126 valence electrons. The molecule has 0 unspecified atom stereocenters. The summed E-state index contributed by atoms with van der Waals surface area (Å²) in [6.07, 6.45) is 6.12. The number of ether oxygens (including phenoxy) is 1. The Morgan fingerprint density at radius 1 is 1.38 bits per heavy atom. The van der Waals surface area contributed by atoms with E-state index in [2.05, 4.69) is 4.98 Å². The minimum atomic E-state index is -0.874. The number of carbonyl (C=O) groups is 1. The van der Waals surface area contributed by atoms with Crippen molar-refractivity contribution in [2.75, 3.05) is 6.61 Å². The van der Waals surface area contributed by atoms with Gasteiger partial charge < -0.3 is 14.9 Å². The number of phenolic OH excluding ortho intramolecular Hbond substituents is 1. The van der Waals surface area contributed by atoms with Gasteiger partial charge in [-0.3, -0.25) is 9.78 Å². The van der Waals surface area contributed by atoms with Gasteiger partial charge in [0.15, 0.2) is 0 Å². The number of rotatable bonds is 5. The first-order valence-electron chi connectivity index (χ1n) is 8.17. The zero-order valence-electron chi connectivity index (χ0n) is 13.7. The molecule has 3 rings (SSSR count). The number of carboxylic acid groups (broad SMARTS) is 1. The first-order valence-corrected chi connectivity index (χ1v) is 8.17. The number of aromatic nitrogens is 1. The molecule has 2 aromatic rings. The Hall–Kier alpha value is -2.56. The molecule has 5 nitrogen and oxygen atoms in total. The van der Waals surface area contributed by atoms with Crippen molar-refractivity contribution < 1.29 is 19.7 Å². The van der Waals surface area contributed by atoms with Gasteiger partial charge in [0.1, 0.15) is 11.5 Å². The highest BCUT2D eigenvalue weighted by Crippen LogP contribution is 2.42. The quantitative estimate of drug-likeness (QED) is 0.882. The van der Waals surface area contributed by atoms with Crippen LogP contribution in [0.3, 0.4) is 0 Å². The summed E-state index contributed by atoms with van der Waals surface area (Å²) in [6, 6.07) is 3.84. The zero-order valence-corrected chi connectivity index (χ0v) is 13.7. The minimum absolute atomic E-state index is 0.0144. The SMILES string of the molecule is Cc1c(CCC(=O)O)c(O)c(Cc2cccnc2)c2c1OCCC2. The molecule has 0 aliphatic carbocycles. The molecule has 0 amide bonds. The average molecular weight is 327 g/mol. The Morgan fingerprint density at radius 2 is 2.21 bits per heavy atom. The second kappa shape index (κ2) is 6.91. The standard InChI is InChI=1S/C19H21NO4/c1-12-14(6-7-17(21)22)18(23)16(10-13-4-2-8-20-11-13)15-5-3-9-24-19(12)15/h2,4,8,11,23H,3,5-7,9-10H2,1H3,(H,21,22). The zero-order chi connectivity index (χ0) is 17.1. The lowest BCUT2D eigenvalue weighted by atomic mass is 9.87. The van der Waals surface area contributed by atoms with Gasteiger partial charge in [-0.05, 0) is 43.4 Å². The van der Waals surface area contributed by atoms with E-state index in [1.807, 2.05) is 19.1 Å². The Labute approximate surface area is 140 Å². The van der Waals surface area contributed by atoms with Crippen molar-refractivity contribution in [3.63, 3.8) is 0 Å². The number of aliphatic carboxylic acids is 1. The van der Waals surface area contributed by atoms with Gasteiger partial charge in [-0.15, -0.1) is 0 Å². The maximum atomic E-state index is 10.9. The van der Waals surface area contributed by atoms with Gasteiger partial charge in [0.25, 0.3) is 0 Å². The van der Waals surface area contributed by atoms with Crippen LogP contribution >= 0.6 is 0 Å². The largest absolute Gasteiger partial charge is 0.507 e. The van der Waals surface area contributed by atoms with E-state index in [0.29, 0.717) is 25.0 Å². The highest BCUT2D eigenvalue weighted by atomic mass is 16.5. The molecule has 0 saturated heterocycles. The number of hydrogen-bond donors (Lipinski definition) is 2. The van der Waals surface area contributed by atoms with Crippen molar-refractivity contribution in [1.29, 1.82) is 0 Å². The fourth-order valence-corrected chi connectivity index (χ4v) is 3.32. The van der Waals surface area contributed by atoms with Gasteiger partial charge in [0.05, 0.1) is 6.61 Å². The highest BCUT2D eigenvalue weighted by molar-refractivity contribution is 5.68. The number of benzene rings is 1. The maximum absolute atomic E-state index is 10.9. The summed E-state index contributed by atoms with van der Waals surface area (Å²) in [4.78, 5) is 15.1. The molecular formula is C19H21NO4. The molecule has 1 aliphatic heterocycles. The van der Waals surface area contributed by atoms with Crippen LogP contribution in [0.25, 0.3) is 0 Å². The van der Waals surface area contributed by atoms with Crippen LogP contribution in [-0.4, -0.2) is 27.8 Å². The van der Waals surface area contributed by atoms with E-state index in [9.17, 15) is 9.90 Å². The van der Waals surface area contributed by atoms with E-state index in [4.69, 9.17) is 9.84 Å². The molecule has 0 spiro atoms. The van der Waals surface area contributed by atoms with Gasteiger partial charge in [0, 0.05) is 41.9 Å². The van der Waals surface area contributed by atoms with Crippen LogP contribution in [0.15, 0.2) is 24.5 Å². The predicted octanol–water partition coefficient (Wildman–Crippen LogP) is 3.03. The number of pyridine rings is 1. The lowest BCUT2D eigenvalue weighted by Gasteiger charge is -2.26. The summed E-state index contributed by atoms with van der Waals surface area (Å²) in [5.74, 6) is 0.154. The lowest BCUT2D eigenvalue weighted by molar-refractivity contribution is -0.136. The number of hydrogen-bond acceptors (Lipinski definition) is 4. The molecule has 1 aliphatic rings. The number of nitrogens with zero attached hydrogens (tertiary/aromatic N) is 1.